The van der Waals surface area contributed by atoms with Gasteiger partial charge < -0.3 is 14.6 Å². The van der Waals surface area contributed by atoms with Gasteiger partial charge in [-0.3, -0.25) is 0 Å². The summed E-state index contributed by atoms with van der Waals surface area (Å²) in [7, 11) is 0. The number of aliphatic hydroxyl groups is 1. The average molecular weight is 188 g/mol. The zero-order valence-electron chi connectivity index (χ0n) is 8.53. The summed E-state index contributed by atoms with van der Waals surface area (Å²) in [5, 5.41) is 8.89. The summed E-state index contributed by atoms with van der Waals surface area (Å²) in [5.74, 6) is 0. The minimum atomic E-state index is -0.385. The Bertz CT molecular complexity index is 123. The predicted molar refractivity (Wildman–Crippen MR) is 52.7 cm³/mol. The van der Waals surface area contributed by atoms with Gasteiger partial charge in [-0.15, -0.1) is 6.58 Å². The summed E-state index contributed by atoms with van der Waals surface area (Å²) in [5.41, 5.74) is 0. The highest BCUT2D eigenvalue weighted by molar-refractivity contribution is 4.65. The lowest BCUT2D eigenvalue weighted by atomic mass is 10.3. The van der Waals surface area contributed by atoms with Crippen LogP contribution in [0.5, 0.6) is 0 Å². The standard InChI is InChI=1S/C10H20O3/c1-4-6-13-10(3)5-7-12-8-9(2)11/h4,9-11H,1,5-8H2,2-3H3. The zero-order chi connectivity index (χ0) is 10.1. The first-order valence-electron chi connectivity index (χ1n) is 4.65. The van der Waals surface area contributed by atoms with Crippen LogP contribution in [-0.2, 0) is 9.47 Å². The van der Waals surface area contributed by atoms with Gasteiger partial charge in [0, 0.05) is 6.61 Å². The Morgan fingerprint density at radius 1 is 1.46 bits per heavy atom. The molecule has 1 N–H and O–H groups in total. The Labute approximate surface area is 80.4 Å². The van der Waals surface area contributed by atoms with Crippen LogP contribution in [0.25, 0.3) is 0 Å². The second-order valence-electron chi connectivity index (χ2n) is 3.15. The van der Waals surface area contributed by atoms with Crippen molar-refractivity contribution in [2.75, 3.05) is 19.8 Å². The van der Waals surface area contributed by atoms with E-state index in [9.17, 15) is 0 Å². The van der Waals surface area contributed by atoms with Crippen LogP contribution in [0.15, 0.2) is 12.7 Å². The van der Waals surface area contributed by atoms with Crippen molar-refractivity contribution >= 4 is 0 Å². The van der Waals surface area contributed by atoms with Gasteiger partial charge >= 0.3 is 0 Å². The Kier molecular flexibility index (Phi) is 7.99. The summed E-state index contributed by atoms with van der Waals surface area (Å²) in [6.07, 6.45) is 2.38. The molecule has 0 fully saturated rings. The molecule has 2 atom stereocenters. The minimum Gasteiger partial charge on any atom is -0.391 e. The first kappa shape index (κ1) is 12.6. The maximum Gasteiger partial charge on any atom is 0.0745 e. The van der Waals surface area contributed by atoms with Crippen molar-refractivity contribution in [2.24, 2.45) is 0 Å². The number of rotatable bonds is 8. The highest BCUT2D eigenvalue weighted by atomic mass is 16.5. The van der Waals surface area contributed by atoms with E-state index in [2.05, 4.69) is 6.58 Å². The number of hydrogen-bond donors (Lipinski definition) is 1. The fraction of sp³-hybridized carbons (Fsp3) is 0.800. The Morgan fingerprint density at radius 3 is 2.69 bits per heavy atom. The van der Waals surface area contributed by atoms with E-state index in [1.807, 2.05) is 6.92 Å². The van der Waals surface area contributed by atoms with Crippen LogP contribution in [0.1, 0.15) is 20.3 Å². The van der Waals surface area contributed by atoms with Crippen molar-refractivity contribution in [1.29, 1.82) is 0 Å². The molecular weight excluding hydrogens is 168 g/mol. The molecule has 0 aromatic carbocycles. The van der Waals surface area contributed by atoms with Gasteiger partial charge in [-0.25, -0.2) is 0 Å². The first-order valence-corrected chi connectivity index (χ1v) is 4.65. The molecule has 2 unspecified atom stereocenters. The Morgan fingerprint density at radius 2 is 2.15 bits per heavy atom. The SMILES string of the molecule is C=CCOC(C)CCOCC(C)O. The van der Waals surface area contributed by atoms with Crippen LogP contribution >= 0.6 is 0 Å². The van der Waals surface area contributed by atoms with Crippen molar-refractivity contribution in [1.82, 2.24) is 0 Å². The van der Waals surface area contributed by atoms with Crippen molar-refractivity contribution in [2.45, 2.75) is 32.5 Å². The molecule has 3 heteroatoms. The highest BCUT2D eigenvalue weighted by Crippen LogP contribution is 1.98. The summed E-state index contributed by atoms with van der Waals surface area (Å²) in [6, 6.07) is 0. The van der Waals surface area contributed by atoms with Crippen LogP contribution < -0.4 is 0 Å². The topological polar surface area (TPSA) is 38.7 Å². The van der Waals surface area contributed by atoms with Gasteiger partial charge in [0.2, 0.25) is 0 Å². The molecule has 13 heavy (non-hydrogen) atoms. The molecule has 3 nitrogen and oxygen atoms in total. The Balaban J connectivity index is 3.16. The van der Waals surface area contributed by atoms with E-state index in [-0.39, 0.29) is 12.2 Å². The second kappa shape index (κ2) is 8.23. The molecule has 78 valence electrons. The van der Waals surface area contributed by atoms with Crippen molar-refractivity contribution in [3.05, 3.63) is 12.7 Å². The maximum absolute atomic E-state index is 8.89. The van der Waals surface area contributed by atoms with E-state index in [0.717, 1.165) is 6.42 Å². The van der Waals surface area contributed by atoms with E-state index >= 15 is 0 Å². The lowest BCUT2D eigenvalue weighted by Crippen LogP contribution is -2.15. The van der Waals surface area contributed by atoms with Gasteiger partial charge in [0.05, 0.1) is 25.4 Å². The minimum absolute atomic E-state index is 0.187. The average Bonchev–Trinajstić information content (AvgIpc) is 2.08. The van der Waals surface area contributed by atoms with Crippen molar-refractivity contribution in [3.8, 4) is 0 Å². The van der Waals surface area contributed by atoms with Gasteiger partial charge in [0.25, 0.3) is 0 Å². The second-order valence-corrected chi connectivity index (χ2v) is 3.15. The molecule has 0 saturated carbocycles. The molecule has 0 aromatic rings. The zero-order valence-corrected chi connectivity index (χ0v) is 8.53. The first-order chi connectivity index (χ1) is 6.16. The number of aliphatic hydroxyl groups excluding tert-OH is 1. The Hall–Kier alpha value is -0.380. The van der Waals surface area contributed by atoms with Crippen LogP contribution in [-0.4, -0.2) is 37.1 Å². The lowest BCUT2D eigenvalue weighted by molar-refractivity contribution is 0.0155. The van der Waals surface area contributed by atoms with Crippen LogP contribution in [0.4, 0.5) is 0 Å². The third-order valence-electron chi connectivity index (χ3n) is 1.53. The van der Waals surface area contributed by atoms with Crippen molar-refractivity contribution < 1.29 is 14.6 Å². The van der Waals surface area contributed by atoms with Gasteiger partial charge in [-0.05, 0) is 20.3 Å². The fourth-order valence-electron chi connectivity index (χ4n) is 0.819. The molecule has 0 aliphatic carbocycles. The molecular formula is C10H20O3. The predicted octanol–water partition coefficient (Wildman–Crippen LogP) is 1.36. The fourth-order valence-corrected chi connectivity index (χ4v) is 0.819. The molecule has 0 aliphatic rings. The third-order valence-corrected chi connectivity index (χ3v) is 1.53. The van der Waals surface area contributed by atoms with Crippen LogP contribution in [0.2, 0.25) is 0 Å². The van der Waals surface area contributed by atoms with Gasteiger partial charge in [0.15, 0.2) is 0 Å². The van der Waals surface area contributed by atoms with E-state index in [0.29, 0.717) is 19.8 Å². The van der Waals surface area contributed by atoms with Crippen LogP contribution in [0.3, 0.4) is 0 Å². The molecule has 0 heterocycles. The maximum atomic E-state index is 8.89. The third kappa shape index (κ3) is 9.53. The summed E-state index contributed by atoms with van der Waals surface area (Å²) in [6.45, 7) is 8.87. The quantitative estimate of drug-likeness (QED) is 0.462. The molecule has 0 saturated heterocycles. The molecule has 0 rings (SSSR count). The molecule has 0 aliphatic heterocycles. The lowest BCUT2D eigenvalue weighted by Gasteiger charge is -2.12. The van der Waals surface area contributed by atoms with E-state index < -0.39 is 0 Å². The molecule has 0 spiro atoms. The van der Waals surface area contributed by atoms with Gasteiger partial charge in [0.1, 0.15) is 0 Å². The molecule has 0 radical (unpaired) electrons. The summed E-state index contributed by atoms with van der Waals surface area (Å²) in [4.78, 5) is 0. The summed E-state index contributed by atoms with van der Waals surface area (Å²) >= 11 is 0. The van der Waals surface area contributed by atoms with Gasteiger partial charge in [-0.2, -0.15) is 0 Å². The van der Waals surface area contributed by atoms with Gasteiger partial charge in [-0.1, -0.05) is 6.08 Å². The van der Waals surface area contributed by atoms with E-state index in [4.69, 9.17) is 14.6 Å². The smallest absolute Gasteiger partial charge is 0.0745 e. The monoisotopic (exact) mass is 188 g/mol. The highest BCUT2D eigenvalue weighted by Gasteiger charge is 2.01. The molecule has 0 amide bonds. The molecule has 0 aromatic heterocycles. The van der Waals surface area contributed by atoms with E-state index in [1.165, 1.54) is 0 Å². The summed E-state index contributed by atoms with van der Waals surface area (Å²) < 4.78 is 10.5. The normalized spacial score (nSPS) is 15.3. The van der Waals surface area contributed by atoms with Crippen molar-refractivity contribution in [3.63, 3.8) is 0 Å². The number of ether oxygens (including phenoxy) is 2. The van der Waals surface area contributed by atoms with Crippen LogP contribution in [0, 0.1) is 0 Å². The number of hydrogen-bond acceptors (Lipinski definition) is 3. The largest absolute Gasteiger partial charge is 0.391 e. The molecule has 0 bridgehead atoms. The van der Waals surface area contributed by atoms with E-state index in [1.54, 1.807) is 13.0 Å².